The van der Waals surface area contributed by atoms with Crippen molar-refractivity contribution in [3.8, 4) is 0 Å². The Balaban J connectivity index is 1.66. The highest BCUT2D eigenvalue weighted by atomic mass is 19.4. The summed E-state index contributed by atoms with van der Waals surface area (Å²) in [6.45, 7) is 3.40. The van der Waals surface area contributed by atoms with E-state index in [1.54, 1.807) is 0 Å². The van der Waals surface area contributed by atoms with Gasteiger partial charge in [-0.1, -0.05) is 13.8 Å². The number of halogens is 3. The van der Waals surface area contributed by atoms with E-state index in [1.165, 1.54) is 12.8 Å². The third kappa shape index (κ3) is 4.92. The number of hydrogen-bond donors (Lipinski definition) is 1. The molecule has 0 amide bonds. The Morgan fingerprint density at radius 2 is 1.80 bits per heavy atom. The van der Waals surface area contributed by atoms with Gasteiger partial charge in [-0.05, 0) is 50.4 Å². The van der Waals surface area contributed by atoms with Crippen LogP contribution in [-0.4, -0.2) is 31.0 Å². The first-order valence-electron chi connectivity index (χ1n) is 7.78. The summed E-state index contributed by atoms with van der Waals surface area (Å²) < 4.78 is 41.5. The van der Waals surface area contributed by atoms with Crippen LogP contribution in [0.1, 0.15) is 52.4 Å². The van der Waals surface area contributed by atoms with Gasteiger partial charge >= 0.3 is 6.18 Å². The molecular weight excluding hydrogens is 267 g/mol. The Hall–Kier alpha value is -0.290. The molecule has 2 unspecified atom stereocenters. The van der Waals surface area contributed by atoms with Gasteiger partial charge < -0.3 is 10.1 Å². The molecule has 20 heavy (non-hydrogen) atoms. The van der Waals surface area contributed by atoms with Crippen LogP contribution < -0.4 is 5.32 Å². The van der Waals surface area contributed by atoms with Gasteiger partial charge in [0.15, 0.2) is 0 Å². The molecule has 0 spiro atoms. The van der Waals surface area contributed by atoms with E-state index in [2.05, 4.69) is 19.2 Å². The van der Waals surface area contributed by atoms with Crippen molar-refractivity contribution < 1.29 is 17.9 Å². The standard InChI is InChI=1S/C15H26F3NO/c1-10(2)11-6-13(7-11)19-12-4-3-5-14(8-12)20-9-15(16,17)18/h10-14,19H,3-9H2,1-2H3. The van der Waals surface area contributed by atoms with Gasteiger partial charge in [0.25, 0.3) is 0 Å². The zero-order valence-electron chi connectivity index (χ0n) is 12.4. The van der Waals surface area contributed by atoms with Crippen LogP contribution in [0, 0.1) is 11.8 Å². The first-order chi connectivity index (χ1) is 9.33. The highest BCUT2D eigenvalue weighted by Gasteiger charge is 2.35. The molecule has 0 aromatic carbocycles. The minimum absolute atomic E-state index is 0.233. The van der Waals surface area contributed by atoms with Crippen molar-refractivity contribution in [2.75, 3.05) is 6.61 Å². The Bertz CT molecular complexity index is 300. The highest BCUT2D eigenvalue weighted by Crippen LogP contribution is 2.35. The quantitative estimate of drug-likeness (QED) is 0.830. The Morgan fingerprint density at radius 1 is 1.10 bits per heavy atom. The maximum Gasteiger partial charge on any atom is 0.411 e. The number of alkyl halides is 3. The van der Waals surface area contributed by atoms with Gasteiger partial charge in [0.05, 0.1) is 6.10 Å². The van der Waals surface area contributed by atoms with Crippen molar-refractivity contribution >= 4 is 0 Å². The van der Waals surface area contributed by atoms with Gasteiger partial charge in [0, 0.05) is 12.1 Å². The largest absolute Gasteiger partial charge is 0.411 e. The van der Waals surface area contributed by atoms with E-state index in [4.69, 9.17) is 4.74 Å². The number of nitrogens with one attached hydrogen (secondary N) is 1. The maximum absolute atomic E-state index is 12.2. The minimum atomic E-state index is -4.21. The van der Waals surface area contributed by atoms with E-state index in [1.807, 2.05) is 0 Å². The first-order valence-corrected chi connectivity index (χ1v) is 7.78. The molecule has 0 aliphatic heterocycles. The van der Waals surface area contributed by atoms with Gasteiger partial charge in [-0.2, -0.15) is 13.2 Å². The summed E-state index contributed by atoms with van der Waals surface area (Å²) in [4.78, 5) is 0. The van der Waals surface area contributed by atoms with Gasteiger partial charge in [-0.15, -0.1) is 0 Å². The van der Waals surface area contributed by atoms with Crippen molar-refractivity contribution in [2.24, 2.45) is 11.8 Å². The minimum Gasteiger partial charge on any atom is -0.369 e. The van der Waals surface area contributed by atoms with Crippen LogP contribution >= 0.6 is 0 Å². The van der Waals surface area contributed by atoms with Crippen molar-refractivity contribution in [2.45, 2.75) is 76.7 Å². The fourth-order valence-corrected chi connectivity index (χ4v) is 3.34. The van der Waals surface area contributed by atoms with Crippen molar-refractivity contribution in [3.63, 3.8) is 0 Å². The summed E-state index contributed by atoms with van der Waals surface area (Å²) >= 11 is 0. The predicted molar refractivity (Wildman–Crippen MR) is 72.5 cm³/mol. The normalized spacial score (nSPS) is 35.1. The molecule has 2 aliphatic carbocycles. The summed E-state index contributed by atoms with van der Waals surface area (Å²) in [5.74, 6) is 1.55. The zero-order chi connectivity index (χ0) is 14.8. The van der Waals surface area contributed by atoms with Crippen molar-refractivity contribution in [1.82, 2.24) is 5.32 Å². The summed E-state index contributed by atoms with van der Waals surface area (Å²) in [6, 6.07) is 0.897. The summed E-state index contributed by atoms with van der Waals surface area (Å²) in [7, 11) is 0. The second kappa shape index (κ2) is 6.65. The van der Waals surface area contributed by atoms with E-state index in [0.29, 0.717) is 12.1 Å². The molecule has 118 valence electrons. The highest BCUT2D eigenvalue weighted by molar-refractivity contribution is 4.90. The van der Waals surface area contributed by atoms with Crippen LogP contribution in [0.25, 0.3) is 0 Å². The van der Waals surface area contributed by atoms with E-state index in [-0.39, 0.29) is 6.10 Å². The lowest BCUT2D eigenvalue weighted by molar-refractivity contribution is -0.188. The number of ether oxygens (including phenoxy) is 1. The first kappa shape index (κ1) is 16.1. The Kier molecular flexibility index (Phi) is 5.35. The molecule has 2 fully saturated rings. The molecule has 2 atom stereocenters. The lowest BCUT2D eigenvalue weighted by Gasteiger charge is -2.42. The van der Waals surface area contributed by atoms with Crippen LogP contribution in [-0.2, 0) is 4.74 Å². The lowest BCUT2D eigenvalue weighted by atomic mass is 9.73. The fourth-order valence-electron chi connectivity index (χ4n) is 3.34. The van der Waals surface area contributed by atoms with E-state index in [0.717, 1.165) is 37.5 Å². The lowest BCUT2D eigenvalue weighted by Crippen LogP contribution is -2.49. The fraction of sp³-hybridized carbons (Fsp3) is 1.00. The second-order valence-corrected chi connectivity index (χ2v) is 6.75. The smallest absolute Gasteiger partial charge is 0.369 e. The van der Waals surface area contributed by atoms with Crippen molar-refractivity contribution in [1.29, 1.82) is 0 Å². The van der Waals surface area contributed by atoms with Crippen LogP contribution in [0.15, 0.2) is 0 Å². The molecule has 2 saturated carbocycles. The number of rotatable bonds is 5. The summed E-state index contributed by atoms with van der Waals surface area (Å²) in [6.07, 6.45) is 1.48. The molecule has 0 aromatic heterocycles. The van der Waals surface area contributed by atoms with E-state index >= 15 is 0 Å². The average Bonchev–Trinajstić information content (AvgIpc) is 2.30. The topological polar surface area (TPSA) is 21.3 Å². The monoisotopic (exact) mass is 293 g/mol. The van der Waals surface area contributed by atoms with Crippen LogP contribution in [0.2, 0.25) is 0 Å². The molecule has 2 rings (SSSR count). The Labute approximate surface area is 119 Å². The van der Waals surface area contributed by atoms with Gasteiger partial charge in [-0.25, -0.2) is 0 Å². The molecule has 2 nitrogen and oxygen atoms in total. The van der Waals surface area contributed by atoms with Crippen molar-refractivity contribution in [3.05, 3.63) is 0 Å². The molecule has 2 aliphatic rings. The third-order valence-electron chi connectivity index (χ3n) is 4.70. The Morgan fingerprint density at radius 3 is 2.40 bits per heavy atom. The van der Waals surface area contributed by atoms with Crippen LogP contribution in [0.3, 0.4) is 0 Å². The molecular formula is C15H26F3NO. The SMILES string of the molecule is CC(C)C1CC(NC2CCCC(OCC(F)(F)F)C2)C1. The maximum atomic E-state index is 12.2. The van der Waals surface area contributed by atoms with Gasteiger partial charge in [-0.3, -0.25) is 0 Å². The molecule has 0 bridgehead atoms. The molecule has 0 radical (unpaired) electrons. The molecule has 0 heterocycles. The van der Waals surface area contributed by atoms with Crippen LogP contribution in [0.4, 0.5) is 13.2 Å². The van der Waals surface area contributed by atoms with Gasteiger partial charge in [0.1, 0.15) is 6.61 Å². The third-order valence-corrected chi connectivity index (χ3v) is 4.70. The average molecular weight is 293 g/mol. The van der Waals surface area contributed by atoms with Gasteiger partial charge in [0.2, 0.25) is 0 Å². The molecule has 1 N–H and O–H groups in total. The second-order valence-electron chi connectivity index (χ2n) is 6.75. The summed E-state index contributed by atoms with van der Waals surface area (Å²) in [5.41, 5.74) is 0. The zero-order valence-corrected chi connectivity index (χ0v) is 12.4. The molecule has 5 heteroatoms. The van der Waals surface area contributed by atoms with E-state index < -0.39 is 12.8 Å². The summed E-state index contributed by atoms with van der Waals surface area (Å²) in [5, 5.41) is 3.61. The van der Waals surface area contributed by atoms with E-state index in [9.17, 15) is 13.2 Å². The number of hydrogen-bond acceptors (Lipinski definition) is 2. The molecule has 0 saturated heterocycles. The van der Waals surface area contributed by atoms with Crippen LogP contribution in [0.5, 0.6) is 0 Å². The predicted octanol–water partition coefficient (Wildman–Crippen LogP) is 3.90. The molecule has 0 aromatic rings.